The highest BCUT2D eigenvalue weighted by molar-refractivity contribution is 7.99. The Morgan fingerprint density at radius 2 is 1.69 bits per heavy atom. The quantitative estimate of drug-likeness (QED) is 0.249. The number of rotatable bonds is 7. The molecule has 0 aliphatic heterocycles. The van der Waals surface area contributed by atoms with E-state index in [4.69, 9.17) is 0 Å². The standard InChI is InChI=1S/C22H16FN5O3S/c23-16-12-10-15(11-13-16)21-25-26-22(27(21)17-6-2-1-3-7-17)32-14-20(29)24-18-8-4-5-9-19(18)28(30)31/h1-13H,14H2,(H,24,29). The zero-order chi connectivity index (χ0) is 22.5. The van der Waals surface area contributed by atoms with Gasteiger partial charge in [-0.05, 0) is 42.5 Å². The lowest BCUT2D eigenvalue weighted by atomic mass is 10.2. The van der Waals surface area contributed by atoms with Crippen LogP contribution in [0.1, 0.15) is 0 Å². The lowest BCUT2D eigenvalue weighted by Gasteiger charge is -2.10. The van der Waals surface area contributed by atoms with Crippen molar-refractivity contribution in [3.63, 3.8) is 0 Å². The van der Waals surface area contributed by atoms with E-state index in [1.54, 1.807) is 22.8 Å². The lowest BCUT2D eigenvalue weighted by molar-refractivity contribution is -0.383. The third-order valence-electron chi connectivity index (χ3n) is 4.46. The van der Waals surface area contributed by atoms with Crippen LogP contribution in [0.5, 0.6) is 0 Å². The number of nitrogens with zero attached hydrogens (tertiary/aromatic N) is 4. The van der Waals surface area contributed by atoms with Crippen LogP contribution in [0.4, 0.5) is 15.8 Å². The molecule has 1 heterocycles. The van der Waals surface area contributed by atoms with Gasteiger partial charge in [0.25, 0.3) is 5.69 Å². The average Bonchev–Trinajstić information content (AvgIpc) is 3.23. The van der Waals surface area contributed by atoms with E-state index in [0.717, 1.165) is 17.4 Å². The number of thioether (sulfide) groups is 1. The number of hydrogen-bond acceptors (Lipinski definition) is 6. The number of nitro benzene ring substituents is 1. The van der Waals surface area contributed by atoms with Gasteiger partial charge in [0.05, 0.1) is 10.7 Å². The molecule has 3 aromatic carbocycles. The van der Waals surface area contributed by atoms with E-state index < -0.39 is 10.8 Å². The van der Waals surface area contributed by atoms with Crippen LogP contribution in [-0.4, -0.2) is 31.3 Å². The summed E-state index contributed by atoms with van der Waals surface area (Å²) >= 11 is 1.14. The molecule has 0 saturated carbocycles. The number of anilines is 1. The van der Waals surface area contributed by atoms with Crippen molar-refractivity contribution in [1.29, 1.82) is 0 Å². The molecule has 0 saturated heterocycles. The van der Waals surface area contributed by atoms with Crippen LogP contribution in [0.3, 0.4) is 0 Å². The molecule has 0 spiro atoms. The third kappa shape index (κ3) is 4.65. The Bertz CT molecular complexity index is 1260. The lowest BCUT2D eigenvalue weighted by Crippen LogP contribution is -2.15. The van der Waals surface area contributed by atoms with E-state index in [9.17, 15) is 19.3 Å². The summed E-state index contributed by atoms with van der Waals surface area (Å²) < 4.78 is 15.1. The van der Waals surface area contributed by atoms with Gasteiger partial charge in [0.1, 0.15) is 11.5 Å². The molecule has 160 valence electrons. The number of amides is 1. The van der Waals surface area contributed by atoms with Crippen molar-refractivity contribution in [2.75, 3.05) is 11.1 Å². The molecule has 32 heavy (non-hydrogen) atoms. The van der Waals surface area contributed by atoms with Crippen LogP contribution in [0, 0.1) is 15.9 Å². The summed E-state index contributed by atoms with van der Waals surface area (Å²) in [6.45, 7) is 0. The van der Waals surface area contributed by atoms with Gasteiger partial charge in [-0.25, -0.2) is 4.39 Å². The maximum Gasteiger partial charge on any atom is 0.292 e. The molecule has 0 unspecified atom stereocenters. The summed E-state index contributed by atoms with van der Waals surface area (Å²) in [7, 11) is 0. The first-order valence-corrected chi connectivity index (χ1v) is 10.4. The first kappa shape index (κ1) is 21.2. The van der Waals surface area contributed by atoms with Crippen molar-refractivity contribution in [2.24, 2.45) is 0 Å². The zero-order valence-electron chi connectivity index (χ0n) is 16.5. The smallest absolute Gasteiger partial charge is 0.292 e. The molecule has 8 nitrogen and oxygen atoms in total. The molecule has 0 radical (unpaired) electrons. The number of carbonyl (C=O) groups is 1. The van der Waals surface area contributed by atoms with Crippen molar-refractivity contribution >= 4 is 29.0 Å². The summed E-state index contributed by atoms with van der Waals surface area (Å²) in [4.78, 5) is 23.1. The molecule has 0 bridgehead atoms. The molecule has 4 rings (SSSR count). The minimum atomic E-state index is -0.552. The van der Waals surface area contributed by atoms with Gasteiger partial charge in [0.15, 0.2) is 11.0 Å². The van der Waals surface area contributed by atoms with E-state index in [0.29, 0.717) is 16.5 Å². The van der Waals surface area contributed by atoms with Crippen LogP contribution in [-0.2, 0) is 4.79 Å². The summed E-state index contributed by atoms with van der Waals surface area (Å²) in [5.74, 6) is -0.325. The Kier molecular flexibility index (Phi) is 6.22. The number of benzene rings is 3. The number of aromatic nitrogens is 3. The van der Waals surface area contributed by atoms with Crippen LogP contribution in [0.2, 0.25) is 0 Å². The Morgan fingerprint density at radius 1 is 1.00 bits per heavy atom. The van der Waals surface area contributed by atoms with Gasteiger partial charge in [0, 0.05) is 17.3 Å². The Hall–Kier alpha value is -4.05. The molecule has 0 aliphatic carbocycles. The maximum atomic E-state index is 13.4. The fourth-order valence-corrected chi connectivity index (χ4v) is 3.77. The minimum Gasteiger partial charge on any atom is -0.320 e. The van der Waals surface area contributed by atoms with Crippen molar-refractivity contribution in [3.05, 3.63) is 94.8 Å². The normalized spacial score (nSPS) is 10.7. The van der Waals surface area contributed by atoms with E-state index >= 15 is 0 Å². The van der Waals surface area contributed by atoms with Crippen molar-refractivity contribution in [1.82, 2.24) is 14.8 Å². The Labute approximate surface area is 186 Å². The maximum absolute atomic E-state index is 13.4. The number of hydrogen-bond donors (Lipinski definition) is 1. The molecular weight excluding hydrogens is 433 g/mol. The molecule has 0 fully saturated rings. The molecule has 10 heteroatoms. The predicted molar refractivity (Wildman–Crippen MR) is 119 cm³/mol. The van der Waals surface area contributed by atoms with Crippen LogP contribution >= 0.6 is 11.8 Å². The van der Waals surface area contributed by atoms with Crippen molar-refractivity contribution in [2.45, 2.75) is 5.16 Å². The number of halogens is 1. The molecule has 1 amide bonds. The predicted octanol–water partition coefficient (Wildman–Crippen LogP) is 4.71. The highest BCUT2D eigenvalue weighted by atomic mass is 32.2. The van der Waals surface area contributed by atoms with Crippen LogP contribution in [0.25, 0.3) is 17.1 Å². The SMILES string of the molecule is O=C(CSc1nnc(-c2ccc(F)cc2)n1-c1ccccc1)Nc1ccccc1[N+](=O)[O-]. The molecule has 1 aromatic heterocycles. The van der Waals surface area contributed by atoms with Gasteiger partial charge >= 0.3 is 0 Å². The highest BCUT2D eigenvalue weighted by Crippen LogP contribution is 2.29. The summed E-state index contributed by atoms with van der Waals surface area (Å²) in [6, 6.07) is 21.2. The van der Waals surface area contributed by atoms with Gasteiger partial charge in [-0.2, -0.15) is 0 Å². The van der Waals surface area contributed by atoms with E-state index in [1.165, 1.54) is 30.3 Å². The van der Waals surface area contributed by atoms with Gasteiger partial charge in [-0.15, -0.1) is 10.2 Å². The fraction of sp³-hybridized carbons (Fsp3) is 0.0455. The molecule has 0 atom stereocenters. The van der Waals surface area contributed by atoms with E-state index in [-0.39, 0.29) is 22.9 Å². The molecule has 4 aromatic rings. The average molecular weight is 449 g/mol. The first-order chi connectivity index (χ1) is 15.5. The first-order valence-electron chi connectivity index (χ1n) is 9.46. The zero-order valence-corrected chi connectivity index (χ0v) is 17.3. The number of para-hydroxylation sites is 3. The molecule has 1 N–H and O–H groups in total. The summed E-state index contributed by atoms with van der Waals surface area (Å²) in [5, 5.41) is 22.6. The monoisotopic (exact) mass is 449 g/mol. The molecular formula is C22H16FN5O3S. The van der Waals surface area contributed by atoms with Gasteiger partial charge in [-0.3, -0.25) is 19.5 Å². The Balaban J connectivity index is 1.58. The van der Waals surface area contributed by atoms with Crippen molar-refractivity contribution in [3.8, 4) is 17.1 Å². The number of carbonyl (C=O) groups excluding carboxylic acids is 1. The summed E-state index contributed by atoms with van der Waals surface area (Å²) in [6.07, 6.45) is 0. The van der Waals surface area contributed by atoms with Gasteiger partial charge < -0.3 is 5.32 Å². The van der Waals surface area contributed by atoms with Crippen LogP contribution in [0.15, 0.2) is 84.0 Å². The largest absolute Gasteiger partial charge is 0.320 e. The number of nitro groups is 1. The van der Waals surface area contributed by atoms with Crippen LogP contribution < -0.4 is 5.32 Å². The number of nitrogens with one attached hydrogen (secondary N) is 1. The second-order valence-electron chi connectivity index (χ2n) is 6.60. The summed E-state index contributed by atoms with van der Waals surface area (Å²) in [5.41, 5.74) is 1.38. The van der Waals surface area contributed by atoms with E-state index in [2.05, 4.69) is 15.5 Å². The fourth-order valence-electron chi connectivity index (χ4n) is 3.01. The van der Waals surface area contributed by atoms with Gasteiger partial charge in [-0.1, -0.05) is 42.1 Å². The Morgan fingerprint density at radius 3 is 2.41 bits per heavy atom. The minimum absolute atomic E-state index is 0.0412. The van der Waals surface area contributed by atoms with Crippen molar-refractivity contribution < 1.29 is 14.1 Å². The second-order valence-corrected chi connectivity index (χ2v) is 7.54. The highest BCUT2D eigenvalue weighted by Gasteiger charge is 2.19. The topological polar surface area (TPSA) is 103 Å². The third-order valence-corrected chi connectivity index (χ3v) is 5.39. The van der Waals surface area contributed by atoms with E-state index in [1.807, 2.05) is 30.3 Å². The second kappa shape index (κ2) is 9.40. The molecule has 0 aliphatic rings. The van der Waals surface area contributed by atoms with Gasteiger partial charge in [0.2, 0.25) is 5.91 Å².